The summed E-state index contributed by atoms with van der Waals surface area (Å²) in [6.45, 7) is 7.07. The van der Waals surface area contributed by atoms with Crippen molar-refractivity contribution in [3.05, 3.63) is 29.8 Å². The van der Waals surface area contributed by atoms with E-state index in [-0.39, 0.29) is 18.4 Å². The Labute approximate surface area is 174 Å². The van der Waals surface area contributed by atoms with Crippen molar-refractivity contribution in [2.24, 2.45) is 11.8 Å². The number of hydrogen-bond acceptors (Lipinski definition) is 4. The van der Waals surface area contributed by atoms with Crippen LogP contribution in [0.3, 0.4) is 0 Å². The van der Waals surface area contributed by atoms with E-state index < -0.39 is 10.2 Å². The number of nitrogens with zero attached hydrogens (tertiary/aromatic N) is 2. The maximum Gasteiger partial charge on any atom is 0.281 e. The van der Waals surface area contributed by atoms with E-state index in [1.165, 1.54) is 4.31 Å². The molecule has 1 aromatic rings. The molecule has 29 heavy (non-hydrogen) atoms. The van der Waals surface area contributed by atoms with Crippen LogP contribution in [-0.2, 0) is 21.5 Å². The Morgan fingerprint density at radius 3 is 2.45 bits per heavy atom. The SMILES string of the molecule is CCOc1ccc(CNC(=O)C2CCCN(S(=O)(=O)N3CCC(C)CC3)C2)cc1. The number of hydrogen-bond donors (Lipinski definition) is 1. The molecule has 0 aliphatic carbocycles. The van der Waals surface area contributed by atoms with Gasteiger partial charge in [-0.2, -0.15) is 17.0 Å². The smallest absolute Gasteiger partial charge is 0.281 e. The molecule has 0 aromatic heterocycles. The average molecular weight is 424 g/mol. The van der Waals surface area contributed by atoms with Crippen LogP contribution in [0.1, 0.15) is 45.1 Å². The minimum atomic E-state index is -3.48. The maximum absolute atomic E-state index is 13.0. The second-order valence-corrected chi connectivity index (χ2v) is 10.0. The molecule has 3 rings (SSSR count). The predicted molar refractivity (Wildman–Crippen MR) is 113 cm³/mol. The van der Waals surface area contributed by atoms with Crippen LogP contribution >= 0.6 is 0 Å². The van der Waals surface area contributed by atoms with Crippen molar-refractivity contribution in [3.63, 3.8) is 0 Å². The summed E-state index contributed by atoms with van der Waals surface area (Å²) in [6.07, 6.45) is 3.24. The average Bonchev–Trinajstić information content (AvgIpc) is 2.73. The number of benzene rings is 1. The van der Waals surface area contributed by atoms with Gasteiger partial charge in [-0.1, -0.05) is 19.1 Å². The van der Waals surface area contributed by atoms with Gasteiger partial charge in [-0.05, 0) is 56.2 Å². The molecule has 8 heteroatoms. The molecule has 1 unspecified atom stereocenters. The third-order valence-electron chi connectivity index (χ3n) is 5.85. The van der Waals surface area contributed by atoms with Crippen LogP contribution in [0.25, 0.3) is 0 Å². The van der Waals surface area contributed by atoms with Gasteiger partial charge >= 0.3 is 0 Å². The number of carbonyl (C=O) groups is 1. The second-order valence-electron chi connectivity index (χ2n) is 8.08. The first-order chi connectivity index (χ1) is 13.9. The molecule has 2 fully saturated rings. The fraction of sp³-hybridized carbons (Fsp3) is 0.667. The molecule has 1 aromatic carbocycles. The van der Waals surface area contributed by atoms with Crippen molar-refractivity contribution < 1.29 is 17.9 Å². The van der Waals surface area contributed by atoms with Crippen LogP contribution in [0.2, 0.25) is 0 Å². The topological polar surface area (TPSA) is 79.0 Å². The highest BCUT2D eigenvalue weighted by Crippen LogP contribution is 2.25. The summed E-state index contributed by atoms with van der Waals surface area (Å²) in [5, 5.41) is 2.96. The molecule has 0 saturated carbocycles. The highest BCUT2D eigenvalue weighted by atomic mass is 32.2. The molecule has 162 valence electrons. The lowest BCUT2D eigenvalue weighted by atomic mass is 9.99. The van der Waals surface area contributed by atoms with E-state index in [4.69, 9.17) is 4.74 Å². The van der Waals surface area contributed by atoms with Crippen LogP contribution in [-0.4, -0.2) is 55.7 Å². The van der Waals surface area contributed by atoms with Gasteiger partial charge in [-0.15, -0.1) is 0 Å². The molecule has 0 bridgehead atoms. The Morgan fingerprint density at radius 1 is 1.10 bits per heavy atom. The van der Waals surface area contributed by atoms with Gasteiger partial charge in [-0.3, -0.25) is 4.79 Å². The van der Waals surface area contributed by atoms with Crippen molar-refractivity contribution in [1.82, 2.24) is 13.9 Å². The summed E-state index contributed by atoms with van der Waals surface area (Å²) in [5.74, 6) is 1.00. The van der Waals surface area contributed by atoms with E-state index in [1.54, 1.807) is 4.31 Å². The molecule has 0 radical (unpaired) electrons. The van der Waals surface area contributed by atoms with Gasteiger partial charge in [0, 0.05) is 32.7 Å². The molecule has 2 saturated heterocycles. The van der Waals surface area contributed by atoms with Crippen molar-refractivity contribution in [2.45, 2.75) is 46.1 Å². The molecule has 2 aliphatic heterocycles. The van der Waals surface area contributed by atoms with Crippen LogP contribution in [0.15, 0.2) is 24.3 Å². The lowest BCUT2D eigenvalue weighted by molar-refractivity contribution is -0.126. The summed E-state index contributed by atoms with van der Waals surface area (Å²) in [4.78, 5) is 12.7. The monoisotopic (exact) mass is 423 g/mol. The number of rotatable bonds is 7. The van der Waals surface area contributed by atoms with Crippen molar-refractivity contribution in [2.75, 3.05) is 32.8 Å². The molecular formula is C21H33N3O4S. The van der Waals surface area contributed by atoms with Gasteiger partial charge in [0.1, 0.15) is 5.75 Å². The number of amides is 1. The highest BCUT2D eigenvalue weighted by Gasteiger charge is 2.36. The Morgan fingerprint density at radius 2 is 1.79 bits per heavy atom. The number of carbonyl (C=O) groups excluding carboxylic acids is 1. The number of ether oxygens (including phenoxy) is 1. The summed E-state index contributed by atoms with van der Waals surface area (Å²) in [7, 11) is -3.48. The second kappa shape index (κ2) is 9.91. The zero-order valence-corrected chi connectivity index (χ0v) is 18.3. The van der Waals surface area contributed by atoms with E-state index in [0.29, 0.717) is 45.1 Å². The van der Waals surface area contributed by atoms with E-state index in [0.717, 1.165) is 30.6 Å². The summed E-state index contributed by atoms with van der Waals surface area (Å²) < 4.78 is 34.5. The Kier molecular flexibility index (Phi) is 7.54. The van der Waals surface area contributed by atoms with Crippen LogP contribution in [0.5, 0.6) is 5.75 Å². The number of nitrogens with one attached hydrogen (secondary N) is 1. The van der Waals surface area contributed by atoms with Crippen molar-refractivity contribution in [3.8, 4) is 5.75 Å². The zero-order valence-electron chi connectivity index (χ0n) is 17.5. The van der Waals surface area contributed by atoms with Crippen molar-refractivity contribution >= 4 is 16.1 Å². The third-order valence-corrected chi connectivity index (χ3v) is 7.85. The minimum absolute atomic E-state index is 0.0777. The molecule has 1 N–H and O–H groups in total. The zero-order chi connectivity index (χ0) is 20.9. The molecule has 7 nitrogen and oxygen atoms in total. The Hall–Kier alpha value is -1.64. The van der Waals surface area contributed by atoms with Crippen LogP contribution in [0, 0.1) is 11.8 Å². The van der Waals surface area contributed by atoms with Crippen LogP contribution in [0.4, 0.5) is 0 Å². The summed E-state index contributed by atoms with van der Waals surface area (Å²) in [6, 6.07) is 7.64. The van der Waals surface area contributed by atoms with Gasteiger partial charge in [0.2, 0.25) is 5.91 Å². The van der Waals surface area contributed by atoms with Gasteiger partial charge in [0.15, 0.2) is 0 Å². The molecule has 2 aliphatic rings. The first kappa shape index (κ1) is 22.1. The Bertz CT molecular complexity index is 774. The van der Waals surface area contributed by atoms with Crippen LogP contribution < -0.4 is 10.1 Å². The van der Waals surface area contributed by atoms with Gasteiger partial charge in [0.25, 0.3) is 10.2 Å². The van der Waals surface area contributed by atoms with Crippen molar-refractivity contribution in [1.29, 1.82) is 0 Å². The summed E-state index contributed by atoms with van der Waals surface area (Å²) in [5.41, 5.74) is 0.990. The number of piperidine rings is 2. The fourth-order valence-electron chi connectivity index (χ4n) is 3.95. The minimum Gasteiger partial charge on any atom is -0.494 e. The first-order valence-electron chi connectivity index (χ1n) is 10.6. The predicted octanol–water partition coefficient (Wildman–Crippen LogP) is 2.39. The molecule has 2 heterocycles. The van der Waals surface area contributed by atoms with E-state index in [2.05, 4.69) is 12.2 Å². The highest BCUT2D eigenvalue weighted by molar-refractivity contribution is 7.86. The molecule has 0 spiro atoms. The largest absolute Gasteiger partial charge is 0.494 e. The lowest BCUT2D eigenvalue weighted by Gasteiger charge is -2.37. The quantitative estimate of drug-likeness (QED) is 0.730. The van der Waals surface area contributed by atoms with E-state index in [1.807, 2.05) is 31.2 Å². The third kappa shape index (κ3) is 5.71. The first-order valence-corrected chi connectivity index (χ1v) is 12.0. The normalized spacial score (nSPS) is 22.3. The van der Waals surface area contributed by atoms with Gasteiger partial charge in [-0.25, -0.2) is 0 Å². The Balaban J connectivity index is 1.53. The van der Waals surface area contributed by atoms with E-state index in [9.17, 15) is 13.2 Å². The molecule has 1 atom stereocenters. The van der Waals surface area contributed by atoms with E-state index >= 15 is 0 Å². The summed E-state index contributed by atoms with van der Waals surface area (Å²) >= 11 is 0. The maximum atomic E-state index is 13.0. The lowest BCUT2D eigenvalue weighted by Crippen LogP contribution is -2.52. The molecular weight excluding hydrogens is 390 g/mol. The van der Waals surface area contributed by atoms with Gasteiger partial charge in [0.05, 0.1) is 12.5 Å². The standard InChI is InChI=1S/C21H33N3O4S/c1-3-28-20-8-6-18(7-9-20)15-22-21(25)19-5-4-12-24(16-19)29(26,27)23-13-10-17(2)11-14-23/h6-9,17,19H,3-5,10-16H2,1-2H3,(H,22,25). The fourth-order valence-corrected chi connectivity index (χ4v) is 5.68. The molecule has 1 amide bonds. The van der Waals surface area contributed by atoms with Gasteiger partial charge < -0.3 is 10.1 Å².